The Kier molecular flexibility index (Phi) is 5.49. The van der Waals surface area contributed by atoms with Crippen LogP contribution in [0.4, 0.5) is 0 Å². The lowest BCUT2D eigenvalue weighted by molar-refractivity contribution is 0.0748. The summed E-state index contributed by atoms with van der Waals surface area (Å²) in [6.45, 7) is 2.93. The fraction of sp³-hybridized carbons (Fsp3) is 0.231. The lowest BCUT2D eigenvalue weighted by Crippen LogP contribution is -2.26. The Morgan fingerprint density at radius 2 is 1.59 bits per heavy atom. The van der Waals surface area contributed by atoms with Crippen molar-refractivity contribution in [2.24, 2.45) is 0 Å². The Labute approximate surface area is 197 Å². The summed E-state index contributed by atoms with van der Waals surface area (Å²) in [5.74, 6) is 2.16. The fourth-order valence-electron chi connectivity index (χ4n) is 4.44. The molecule has 8 heteroatoms. The number of methoxy groups -OCH3 is 3. The predicted molar refractivity (Wildman–Crippen MR) is 127 cm³/mol. The van der Waals surface area contributed by atoms with E-state index in [2.05, 4.69) is 19.1 Å². The highest BCUT2D eigenvalue weighted by atomic mass is 16.5. The average molecular weight is 459 g/mol. The van der Waals surface area contributed by atoms with Crippen molar-refractivity contribution in [3.63, 3.8) is 0 Å². The summed E-state index contributed by atoms with van der Waals surface area (Å²) in [5.41, 5.74) is 4.52. The molecule has 4 aromatic rings. The van der Waals surface area contributed by atoms with Crippen LogP contribution in [0.5, 0.6) is 17.2 Å². The third kappa shape index (κ3) is 3.48. The van der Waals surface area contributed by atoms with Gasteiger partial charge in [-0.2, -0.15) is 5.10 Å². The molecule has 2 aromatic carbocycles. The number of amides is 1. The summed E-state index contributed by atoms with van der Waals surface area (Å²) in [5, 5.41) is 4.93. The molecule has 0 N–H and O–H groups in total. The summed E-state index contributed by atoms with van der Waals surface area (Å²) >= 11 is 0. The maximum atomic E-state index is 13.5. The molecule has 0 bridgehead atoms. The molecular weight excluding hydrogens is 432 g/mol. The molecule has 1 aliphatic heterocycles. The van der Waals surface area contributed by atoms with Gasteiger partial charge in [-0.15, -0.1) is 0 Å². The highest BCUT2D eigenvalue weighted by Crippen LogP contribution is 2.39. The number of aryl methyl sites for hydroxylation is 1. The van der Waals surface area contributed by atoms with E-state index in [0.717, 1.165) is 28.3 Å². The first kappa shape index (κ1) is 21.6. The van der Waals surface area contributed by atoms with Crippen LogP contribution in [0.3, 0.4) is 0 Å². The Hall–Kier alpha value is -4.20. The van der Waals surface area contributed by atoms with Crippen molar-refractivity contribution < 1.29 is 19.0 Å². The second-order valence-electron chi connectivity index (χ2n) is 8.11. The monoisotopic (exact) mass is 458 g/mol. The summed E-state index contributed by atoms with van der Waals surface area (Å²) in [4.78, 5) is 15.3. The molecule has 0 atom stereocenters. The minimum absolute atomic E-state index is 0.127. The number of fused-ring (bicyclic) bond motifs is 1. The third-order valence-corrected chi connectivity index (χ3v) is 6.12. The molecule has 2 aromatic heterocycles. The number of nitrogens with zero attached hydrogens (tertiary/aromatic N) is 4. The van der Waals surface area contributed by atoms with Gasteiger partial charge in [0.2, 0.25) is 5.75 Å². The average Bonchev–Trinajstić information content (AvgIpc) is 3.59. The van der Waals surface area contributed by atoms with Crippen LogP contribution >= 0.6 is 0 Å². The van der Waals surface area contributed by atoms with Crippen LogP contribution in [-0.4, -0.2) is 46.5 Å². The molecule has 34 heavy (non-hydrogen) atoms. The highest BCUT2D eigenvalue weighted by molar-refractivity contribution is 5.96. The van der Waals surface area contributed by atoms with E-state index < -0.39 is 0 Å². The van der Waals surface area contributed by atoms with Crippen molar-refractivity contribution in [1.82, 2.24) is 19.2 Å². The molecule has 0 fully saturated rings. The van der Waals surface area contributed by atoms with E-state index in [1.54, 1.807) is 17.0 Å². The van der Waals surface area contributed by atoms with Gasteiger partial charge in [0, 0.05) is 23.5 Å². The number of para-hydroxylation sites is 1. The highest BCUT2D eigenvalue weighted by Gasteiger charge is 2.33. The van der Waals surface area contributed by atoms with Crippen molar-refractivity contribution in [2.75, 3.05) is 21.3 Å². The Morgan fingerprint density at radius 3 is 2.21 bits per heavy atom. The zero-order valence-corrected chi connectivity index (χ0v) is 19.6. The van der Waals surface area contributed by atoms with Gasteiger partial charge in [-0.1, -0.05) is 18.2 Å². The topological polar surface area (TPSA) is 70.8 Å². The van der Waals surface area contributed by atoms with Crippen molar-refractivity contribution in [2.45, 2.75) is 20.0 Å². The van der Waals surface area contributed by atoms with Gasteiger partial charge < -0.3 is 23.7 Å². The van der Waals surface area contributed by atoms with E-state index in [1.807, 2.05) is 45.9 Å². The van der Waals surface area contributed by atoms with Crippen LogP contribution in [-0.2, 0) is 13.1 Å². The molecule has 0 unspecified atom stereocenters. The molecule has 1 amide bonds. The normalized spacial score (nSPS) is 12.5. The minimum Gasteiger partial charge on any atom is -0.493 e. The number of hydrogen-bond acceptors (Lipinski definition) is 5. The van der Waals surface area contributed by atoms with Crippen molar-refractivity contribution in [1.29, 1.82) is 0 Å². The lowest BCUT2D eigenvalue weighted by Gasteiger charge is -2.19. The molecule has 0 spiro atoms. The quantitative estimate of drug-likeness (QED) is 0.434. The molecular formula is C26H26N4O4. The maximum Gasteiger partial charge on any atom is 0.254 e. The van der Waals surface area contributed by atoms with Crippen LogP contribution in [0.2, 0.25) is 0 Å². The predicted octanol–water partition coefficient (Wildman–Crippen LogP) is 4.15. The zero-order valence-electron chi connectivity index (χ0n) is 19.6. The van der Waals surface area contributed by atoms with Crippen molar-refractivity contribution >= 4 is 5.91 Å². The molecule has 0 radical (unpaired) electrons. The van der Waals surface area contributed by atoms with E-state index in [4.69, 9.17) is 19.3 Å². The zero-order chi connectivity index (χ0) is 23.8. The van der Waals surface area contributed by atoms with Gasteiger partial charge in [-0.25, -0.2) is 4.68 Å². The first-order chi connectivity index (χ1) is 16.5. The van der Waals surface area contributed by atoms with Crippen LogP contribution in [0.1, 0.15) is 27.2 Å². The second-order valence-corrected chi connectivity index (χ2v) is 8.11. The smallest absolute Gasteiger partial charge is 0.254 e. The van der Waals surface area contributed by atoms with Crippen LogP contribution in [0, 0.1) is 6.92 Å². The van der Waals surface area contributed by atoms with Gasteiger partial charge in [-0.3, -0.25) is 4.79 Å². The van der Waals surface area contributed by atoms with Crippen LogP contribution in [0.15, 0.2) is 60.9 Å². The van der Waals surface area contributed by atoms with E-state index >= 15 is 0 Å². The summed E-state index contributed by atoms with van der Waals surface area (Å²) in [6.07, 6.45) is 3.99. The number of aromatic nitrogens is 3. The maximum absolute atomic E-state index is 13.5. The summed E-state index contributed by atoms with van der Waals surface area (Å²) in [7, 11) is 4.61. The fourth-order valence-corrected chi connectivity index (χ4v) is 4.44. The molecule has 0 saturated heterocycles. The number of hydrogen-bond donors (Lipinski definition) is 0. The Balaban J connectivity index is 1.53. The number of rotatable bonds is 6. The first-order valence-corrected chi connectivity index (χ1v) is 10.9. The van der Waals surface area contributed by atoms with Gasteiger partial charge in [0.25, 0.3) is 5.91 Å². The van der Waals surface area contributed by atoms with Gasteiger partial charge in [0.1, 0.15) is 5.82 Å². The number of carbonyl (C=O) groups is 1. The summed E-state index contributed by atoms with van der Waals surface area (Å²) in [6, 6.07) is 15.5. The Morgan fingerprint density at radius 1 is 0.912 bits per heavy atom. The molecule has 174 valence electrons. The third-order valence-electron chi connectivity index (χ3n) is 6.12. The molecule has 8 nitrogen and oxygen atoms in total. The van der Waals surface area contributed by atoms with Gasteiger partial charge >= 0.3 is 0 Å². The standard InChI is InChI=1S/C26H26N4O4/c1-17-9-5-6-10-21(17)30-25(28-11-7-8-12-28)19-15-29(16-20(19)27-30)26(31)18-13-22(32-2)24(34-4)23(14-18)33-3/h5-14H,15-16H2,1-4H3. The van der Waals surface area contributed by atoms with Crippen molar-refractivity contribution in [3.8, 4) is 28.8 Å². The largest absolute Gasteiger partial charge is 0.493 e. The van der Waals surface area contributed by atoms with E-state index in [9.17, 15) is 4.79 Å². The molecule has 3 heterocycles. The van der Waals surface area contributed by atoms with Crippen LogP contribution in [0.25, 0.3) is 11.5 Å². The van der Waals surface area contributed by atoms with Crippen LogP contribution < -0.4 is 14.2 Å². The van der Waals surface area contributed by atoms with Gasteiger partial charge in [-0.05, 0) is 42.8 Å². The molecule has 0 aliphatic carbocycles. The van der Waals surface area contributed by atoms with Crippen molar-refractivity contribution in [3.05, 3.63) is 83.3 Å². The molecule has 0 saturated carbocycles. The summed E-state index contributed by atoms with van der Waals surface area (Å²) < 4.78 is 20.3. The molecule has 5 rings (SSSR count). The minimum atomic E-state index is -0.127. The SMILES string of the molecule is COc1cc(C(=O)N2Cc3nn(-c4ccccc4C)c(-n4cccc4)c3C2)cc(OC)c1OC. The van der Waals surface area contributed by atoms with Gasteiger partial charge in [0.15, 0.2) is 11.5 Å². The van der Waals surface area contributed by atoms with E-state index in [1.165, 1.54) is 21.3 Å². The number of benzene rings is 2. The van der Waals surface area contributed by atoms with E-state index in [-0.39, 0.29) is 5.91 Å². The lowest BCUT2D eigenvalue weighted by atomic mass is 10.1. The number of ether oxygens (including phenoxy) is 3. The molecule has 1 aliphatic rings. The number of carbonyl (C=O) groups excluding carboxylic acids is 1. The first-order valence-electron chi connectivity index (χ1n) is 10.9. The van der Waals surface area contributed by atoms with E-state index in [0.29, 0.717) is 35.9 Å². The van der Waals surface area contributed by atoms with Gasteiger partial charge in [0.05, 0.1) is 45.8 Å². The Bertz CT molecular complexity index is 1330. The second kappa shape index (κ2) is 8.62.